The fourth-order valence-corrected chi connectivity index (χ4v) is 1.84. The Morgan fingerprint density at radius 1 is 1.67 bits per heavy atom. The Bertz CT molecular complexity index is 382. The van der Waals surface area contributed by atoms with Crippen molar-refractivity contribution in [2.24, 2.45) is 7.05 Å². The molecule has 1 unspecified atom stereocenters. The van der Waals surface area contributed by atoms with Crippen molar-refractivity contribution in [3.8, 4) is 0 Å². The van der Waals surface area contributed by atoms with Gasteiger partial charge in [-0.15, -0.1) is 0 Å². The SMILES string of the molecule is CCc1nn(C)cc1C(O)C1=CCCO1. The monoisotopic (exact) mass is 208 g/mol. The molecule has 82 valence electrons. The van der Waals surface area contributed by atoms with Gasteiger partial charge in [-0.25, -0.2) is 0 Å². The maximum Gasteiger partial charge on any atom is 0.139 e. The van der Waals surface area contributed by atoms with Gasteiger partial charge in [0.15, 0.2) is 0 Å². The van der Waals surface area contributed by atoms with Crippen LogP contribution in [-0.4, -0.2) is 21.5 Å². The number of nitrogens with zero attached hydrogens (tertiary/aromatic N) is 2. The summed E-state index contributed by atoms with van der Waals surface area (Å²) in [6, 6.07) is 0. The molecule has 4 nitrogen and oxygen atoms in total. The van der Waals surface area contributed by atoms with Crippen molar-refractivity contribution in [1.29, 1.82) is 0 Å². The number of rotatable bonds is 3. The first kappa shape index (κ1) is 10.2. The number of ether oxygens (including phenoxy) is 1. The zero-order valence-corrected chi connectivity index (χ0v) is 9.10. The molecule has 0 amide bonds. The molecular formula is C11H16N2O2. The van der Waals surface area contributed by atoms with Gasteiger partial charge in [-0.1, -0.05) is 6.92 Å². The predicted octanol–water partition coefficient (Wildman–Crippen LogP) is 1.32. The first-order valence-electron chi connectivity index (χ1n) is 5.25. The van der Waals surface area contributed by atoms with Crippen molar-refractivity contribution in [3.63, 3.8) is 0 Å². The second-order valence-corrected chi connectivity index (χ2v) is 3.70. The van der Waals surface area contributed by atoms with Crippen LogP contribution in [0.25, 0.3) is 0 Å². The van der Waals surface area contributed by atoms with Gasteiger partial charge in [0.2, 0.25) is 0 Å². The Morgan fingerprint density at radius 3 is 3.07 bits per heavy atom. The van der Waals surface area contributed by atoms with E-state index in [2.05, 4.69) is 5.10 Å². The average Bonchev–Trinajstić information content (AvgIpc) is 2.84. The molecule has 0 fully saturated rings. The van der Waals surface area contributed by atoms with Crippen LogP contribution in [0.2, 0.25) is 0 Å². The van der Waals surface area contributed by atoms with E-state index in [1.165, 1.54) is 0 Å². The third-order valence-electron chi connectivity index (χ3n) is 2.57. The average molecular weight is 208 g/mol. The molecule has 1 N–H and O–H groups in total. The van der Waals surface area contributed by atoms with Crippen molar-refractivity contribution < 1.29 is 9.84 Å². The highest BCUT2D eigenvalue weighted by atomic mass is 16.5. The molecule has 1 aliphatic rings. The number of hydrogen-bond acceptors (Lipinski definition) is 3. The highest BCUT2D eigenvalue weighted by Gasteiger charge is 2.22. The molecule has 0 bridgehead atoms. The van der Waals surface area contributed by atoms with Crippen molar-refractivity contribution in [2.45, 2.75) is 25.9 Å². The lowest BCUT2D eigenvalue weighted by Gasteiger charge is -2.11. The van der Waals surface area contributed by atoms with Crippen LogP contribution in [-0.2, 0) is 18.2 Å². The third-order valence-corrected chi connectivity index (χ3v) is 2.57. The van der Waals surface area contributed by atoms with Gasteiger partial charge in [-0.05, 0) is 12.5 Å². The van der Waals surface area contributed by atoms with Gasteiger partial charge in [-0.2, -0.15) is 5.10 Å². The quantitative estimate of drug-likeness (QED) is 0.815. The molecule has 0 saturated heterocycles. The summed E-state index contributed by atoms with van der Waals surface area (Å²) in [7, 11) is 1.86. The van der Waals surface area contributed by atoms with Gasteiger partial charge in [0.25, 0.3) is 0 Å². The van der Waals surface area contributed by atoms with Gasteiger partial charge < -0.3 is 9.84 Å². The van der Waals surface area contributed by atoms with Crippen LogP contribution in [0.1, 0.15) is 30.7 Å². The Morgan fingerprint density at radius 2 is 2.47 bits per heavy atom. The molecule has 1 aliphatic heterocycles. The molecule has 15 heavy (non-hydrogen) atoms. The maximum absolute atomic E-state index is 10.1. The van der Waals surface area contributed by atoms with E-state index in [1.807, 2.05) is 26.2 Å². The van der Waals surface area contributed by atoms with Crippen LogP contribution in [0.15, 0.2) is 18.0 Å². The zero-order valence-electron chi connectivity index (χ0n) is 9.10. The van der Waals surface area contributed by atoms with E-state index in [-0.39, 0.29) is 0 Å². The Kier molecular flexibility index (Phi) is 2.77. The molecule has 1 atom stereocenters. The summed E-state index contributed by atoms with van der Waals surface area (Å²) in [6.45, 7) is 2.70. The smallest absolute Gasteiger partial charge is 0.139 e. The normalized spacial score (nSPS) is 17.4. The zero-order chi connectivity index (χ0) is 10.8. The molecule has 0 spiro atoms. The molecule has 0 aromatic carbocycles. The summed E-state index contributed by atoms with van der Waals surface area (Å²) in [4.78, 5) is 0. The van der Waals surface area contributed by atoms with E-state index < -0.39 is 6.10 Å². The molecule has 0 saturated carbocycles. The third kappa shape index (κ3) is 1.90. The van der Waals surface area contributed by atoms with Crippen LogP contribution < -0.4 is 0 Å². The minimum Gasteiger partial charge on any atom is -0.495 e. The molecule has 1 aromatic heterocycles. The van der Waals surface area contributed by atoms with Crippen LogP contribution in [0.5, 0.6) is 0 Å². The fourth-order valence-electron chi connectivity index (χ4n) is 1.84. The van der Waals surface area contributed by atoms with Gasteiger partial charge in [0.05, 0.1) is 12.3 Å². The molecule has 1 aromatic rings. The largest absolute Gasteiger partial charge is 0.495 e. The lowest BCUT2D eigenvalue weighted by atomic mass is 10.1. The summed E-state index contributed by atoms with van der Waals surface area (Å²) in [5.41, 5.74) is 1.79. The Hall–Kier alpha value is -1.29. The predicted molar refractivity (Wildman–Crippen MR) is 56.2 cm³/mol. The second kappa shape index (κ2) is 4.06. The lowest BCUT2D eigenvalue weighted by Crippen LogP contribution is -2.03. The molecule has 4 heteroatoms. The minimum atomic E-state index is -0.656. The van der Waals surface area contributed by atoms with Crippen molar-refractivity contribution >= 4 is 0 Å². The van der Waals surface area contributed by atoms with Crippen molar-refractivity contribution in [3.05, 3.63) is 29.3 Å². The summed E-state index contributed by atoms with van der Waals surface area (Å²) in [5.74, 6) is 0.665. The van der Waals surface area contributed by atoms with E-state index in [9.17, 15) is 5.11 Å². The standard InChI is InChI=1S/C11H16N2O2/c1-3-9-8(7-13(2)12-9)11(14)10-5-4-6-15-10/h5,7,11,14H,3-4,6H2,1-2H3. The summed E-state index contributed by atoms with van der Waals surface area (Å²) in [6.07, 6.45) is 4.84. The number of aromatic nitrogens is 2. The van der Waals surface area contributed by atoms with E-state index in [0.29, 0.717) is 12.4 Å². The van der Waals surface area contributed by atoms with E-state index in [1.54, 1.807) is 4.68 Å². The second-order valence-electron chi connectivity index (χ2n) is 3.70. The summed E-state index contributed by atoms with van der Waals surface area (Å²) >= 11 is 0. The van der Waals surface area contributed by atoms with Gasteiger partial charge in [0.1, 0.15) is 11.9 Å². The topological polar surface area (TPSA) is 47.3 Å². The van der Waals surface area contributed by atoms with Gasteiger partial charge in [0, 0.05) is 25.2 Å². The van der Waals surface area contributed by atoms with Crippen molar-refractivity contribution in [2.75, 3.05) is 6.61 Å². The maximum atomic E-state index is 10.1. The van der Waals surface area contributed by atoms with Crippen molar-refractivity contribution in [1.82, 2.24) is 9.78 Å². The number of aryl methyl sites for hydroxylation is 2. The van der Waals surface area contributed by atoms with E-state index in [4.69, 9.17) is 4.74 Å². The summed E-state index contributed by atoms with van der Waals surface area (Å²) in [5, 5.41) is 14.4. The van der Waals surface area contributed by atoms with Gasteiger partial charge >= 0.3 is 0 Å². The number of aliphatic hydroxyl groups is 1. The number of aliphatic hydroxyl groups excluding tert-OH is 1. The highest BCUT2D eigenvalue weighted by molar-refractivity contribution is 5.26. The molecule has 0 radical (unpaired) electrons. The highest BCUT2D eigenvalue weighted by Crippen LogP contribution is 2.28. The van der Waals surface area contributed by atoms with Crippen LogP contribution >= 0.6 is 0 Å². The van der Waals surface area contributed by atoms with Gasteiger partial charge in [-0.3, -0.25) is 4.68 Å². The fraction of sp³-hybridized carbons (Fsp3) is 0.545. The summed E-state index contributed by atoms with van der Waals surface area (Å²) < 4.78 is 7.08. The van der Waals surface area contributed by atoms with E-state index in [0.717, 1.165) is 24.1 Å². The van der Waals surface area contributed by atoms with Crippen LogP contribution in [0.4, 0.5) is 0 Å². The van der Waals surface area contributed by atoms with Crippen LogP contribution in [0.3, 0.4) is 0 Å². The first-order chi connectivity index (χ1) is 7.22. The lowest BCUT2D eigenvalue weighted by molar-refractivity contribution is 0.118. The number of hydrogen-bond donors (Lipinski definition) is 1. The molecule has 2 heterocycles. The first-order valence-corrected chi connectivity index (χ1v) is 5.25. The minimum absolute atomic E-state index is 0.656. The van der Waals surface area contributed by atoms with E-state index >= 15 is 0 Å². The van der Waals surface area contributed by atoms with Crippen LogP contribution in [0, 0.1) is 0 Å². The molecular weight excluding hydrogens is 192 g/mol. The molecule has 0 aliphatic carbocycles. The molecule has 2 rings (SSSR count). The Labute approximate surface area is 89.2 Å². The Balaban J connectivity index is 2.27.